The van der Waals surface area contributed by atoms with E-state index in [4.69, 9.17) is 9.78 Å². The minimum Gasteiger partial charge on any atom is -0.352 e. The third-order valence-electron chi connectivity index (χ3n) is 2.02. The van der Waals surface area contributed by atoms with Crippen molar-refractivity contribution in [2.75, 3.05) is 6.54 Å². The molecule has 0 unspecified atom stereocenters. The minimum absolute atomic E-state index is 0.0263. The highest BCUT2D eigenvalue weighted by Gasteiger charge is 2.15. The first kappa shape index (κ1) is 10.9. The molecule has 0 atom stereocenters. The average Bonchev–Trinajstić information content (AvgIpc) is 2.98. The van der Waals surface area contributed by atoms with Crippen molar-refractivity contribution in [1.29, 1.82) is 5.26 Å². The third kappa shape index (κ3) is 2.15. The Morgan fingerprint density at radius 3 is 3.18 bits per heavy atom. The van der Waals surface area contributed by atoms with Crippen molar-refractivity contribution >= 4 is 5.91 Å². The van der Waals surface area contributed by atoms with Gasteiger partial charge in [-0.25, -0.2) is 0 Å². The third-order valence-corrected chi connectivity index (χ3v) is 2.02. The molecule has 2 heterocycles. The smallest absolute Gasteiger partial charge is 0.292 e. The number of amides is 1. The summed E-state index contributed by atoms with van der Waals surface area (Å²) in [6.07, 6.45) is 1.56. The second-order valence-corrected chi connectivity index (χ2v) is 3.20. The van der Waals surface area contributed by atoms with Gasteiger partial charge < -0.3 is 14.8 Å². The van der Waals surface area contributed by atoms with Crippen LogP contribution in [-0.4, -0.2) is 27.6 Å². The number of nitrogens with one attached hydrogen (secondary N) is 2. The maximum Gasteiger partial charge on any atom is 0.292 e. The van der Waals surface area contributed by atoms with E-state index in [1.165, 1.54) is 0 Å². The van der Waals surface area contributed by atoms with Crippen LogP contribution < -0.4 is 5.32 Å². The Kier molecular flexibility index (Phi) is 2.87. The molecule has 2 aromatic heterocycles. The SMILES string of the molecule is CCNC(=O)c1noc(-c2c[nH]c(C#N)c2)n1. The van der Waals surface area contributed by atoms with Gasteiger partial charge in [-0.2, -0.15) is 10.2 Å². The van der Waals surface area contributed by atoms with Crippen LogP contribution >= 0.6 is 0 Å². The zero-order valence-electron chi connectivity index (χ0n) is 9.02. The Morgan fingerprint density at radius 1 is 1.71 bits per heavy atom. The first-order valence-corrected chi connectivity index (χ1v) is 4.95. The van der Waals surface area contributed by atoms with E-state index in [0.29, 0.717) is 17.8 Å². The van der Waals surface area contributed by atoms with E-state index in [1.54, 1.807) is 19.2 Å². The molecule has 0 spiro atoms. The highest BCUT2D eigenvalue weighted by molar-refractivity contribution is 5.90. The Bertz CT molecular complexity index is 578. The molecular formula is C10H9N5O2. The van der Waals surface area contributed by atoms with Gasteiger partial charge in [-0.1, -0.05) is 5.16 Å². The fourth-order valence-electron chi connectivity index (χ4n) is 1.25. The Morgan fingerprint density at radius 2 is 2.53 bits per heavy atom. The van der Waals surface area contributed by atoms with E-state index in [1.807, 2.05) is 6.07 Å². The summed E-state index contributed by atoms with van der Waals surface area (Å²) in [7, 11) is 0. The molecule has 7 heteroatoms. The van der Waals surface area contributed by atoms with Gasteiger partial charge in [-0.05, 0) is 13.0 Å². The Labute approximate surface area is 96.4 Å². The fourth-order valence-corrected chi connectivity index (χ4v) is 1.25. The lowest BCUT2D eigenvalue weighted by atomic mass is 10.3. The van der Waals surface area contributed by atoms with E-state index in [9.17, 15) is 4.79 Å². The molecule has 0 bridgehead atoms. The molecule has 0 radical (unpaired) electrons. The molecule has 0 aromatic carbocycles. The average molecular weight is 231 g/mol. The van der Waals surface area contributed by atoms with Gasteiger partial charge in [-0.15, -0.1) is 0 Å². The van der Waals surface area contributed by atoms with Crippen molar-refractivity contribution in [3.63, 3.8) is 0 Å². The number of carbonyl (C=O) groups excluding carboxylic acids is 1. The molecule has 2 rings (SSSR count). The summed E-state index contributed by atoms with van der Waals surface area (Å²) >= 11 is 0. The van der Waals surface area contributed by atoms with Gasteiger partial charge in [0, 0.05) is 12.7 Å². The van der Waals surface area contributed by atoms with E-state index >= 15 is 0 Å². The lowest BCUT2D eigenvalue weighted by Gasteiger charge is -1.93. The first-order valence-electron chi connectivity index (χ1n) is 4.95. The van der Waals surface area contributed by atoms with Crippen LogP contribution in [-0.2, 0) is 0 Å². The molecule has 7 nitrogen and oxygen atoms in total. The highest BCUT2D eigenvalue weighted by atomic mass is 16.5. The molecule has 0 aliphatic heterocycles. The number of rotatable bonds is 3. The van der Waals surface area contributed by atoms with Crippen LogP contribution in [0.15, 0.2) is 16.8 Å². The molecule has 0 aliphatic rings. The van der Waals surface area contributed by atoms with Crippen LogP contribution in [0.3, 0.4) is 0 Å². The molecule has 86 valence electrons. The predicted octanol–water partition coefficient (Wildman–Crippen LogP) is 0.686. The summed E-state index contributed by atoms with van der Waals surface area (Å²) in [6.45, 7) is 2.29. The summed E-state index contributed by atoms with van der Waals surface area (Å²) < 4.78 is 4.92. The fraction of sp³-hybridized carbons (Fsp3) is 0.200. The normalized spacial score (nSPS) is 9.88. The molecule has 0 fully saturated rings. The number of aromatic nitrogens is 3. The van der Waals surface area contributed by atoms with E-state index < -0.39 is 5.91 Å². The molecule has 0 saturated carbocycles. The Hall–Kier alpha value is -2.62. The second kappa shape index (κ2) is 4.49. The summed E-state index contributed by atoms with van der Waals surface area (Å²) in [5, 5.41) is 14.8. The van der Waals surface area contributed by atoms with Crippen LogP contribution in [0.1, 0.15) is 23.2 Å². The molecule has 0 aliphatic carbocycles. The van der Waals surface area contributed by atoms with Crippen LogP contribution in [0, 0.1) is 11.3 Å². The molecule has 2 N–H and O–H groups in total. The molecule has 1 amide bonds. The summed E-state index contributed by atoms with van der Waals surface area (Å²) in [4.78, 5) is 18.0. The zero-order valence-corrected chi connectivity index (χ0v) is 9.02. The minimum atomic E-state index is -0.390. The van der Waals surface area contributed by atoms with Crippen molar-refractivity contribution in [1.82, 2.24) is 20.4 Å². The maximum atomic E-state index is 11.4. The number of aromatic amines is 1. The van der Waals surface area contributed by atoms with Crippen molar-refractivity contribution in [2.45, 2.75) is 6.92 Å². The van der Waals surface area contributed by atoms with E-state index in [0.717, 1.165) is 0 Å². The van der Waals surface area contributed by atoms with Gasteiger partial charge in [0.05, 0.1) is 5.56 Å². The maximum absolute atomic E-state index is 11.4. The van der Waals surface area contributed by atoms with E-state index in [2.05, 4.69) is 20.4 Å². The summed E-state index contributed by atoms with van der Waals surface area (Å²) in [5.74, 6) is -0.218. The zero-order chi connectivity index (χ0) is 12.3. The van der Waals surface area contributed by atoms with Crippen molar-refractivity contribution in [3.8, 4) is 17.5 Å². The predicted molar refractivity (Wildman–Crippen MR) is 56.8 cm³/mol. The monoisotopic (exact) mass is 231 g/mol. The molecule has 17 heavy (non-hydrogen) atoms. The lowest BCUT2D eigenvalue weighted by molar-refractivity contribution is 0.0942. The van der Waals surface area contributed by atoms with Gasteiger partial charge in [0.2, 0.25) is 0 Å². The van der Waals surface area contributed by atoms with Gasteiger partial charge in [0.15, 0.2) is 0 Å². The molecule has 0 saturated heterocycles. The van der Waals surface area contributed by atoms with Crippen LogP contribution in [0.4, 0.5) is 0 Å². The van der Waals surface area contributed by atoms with E-state index in [-0.39, 0.29) is 11.7 Å². The van der Waals surface area contributed by atoms with Gasteiger partial charge >= 0.3 is 0 Å². The Balaban J connectivity index is 2.24. The van der Waals surface area contributed by atoms with Crippen molar-refractivity contribution in [3.05, 3.63) is 23.8 Å². The quantitative estimate of drug-likeness (QED) is 0.807. The number of nitriles is 1. The lowest BCUT2D eigenvalue weighted by Crippen LogP contribution is -2.23. The van der Waals surface area contributed by atoms with Crippen LogP contribution in [0.25, 0.3) is 11.5 Å². The number of carbonyl (C=O) groups is 1. The first-order chi connectivity index (χ1) is 8.24. The van der Waals surface area contributed by atoms with Crippen LogP contribution in [0.2, 0.25) is 0 Å². The number of hydrogen-bond donors (Lipinski definition) is 2. The summed E-state index contributed by atoms with van der Waals surface area (Å²) in [6, 6.07) is 3.51. The largest absolute Gasteiger partial charge is 0.352 e. The number of H-pyrrole nitrogens is 1. The van der Waals surface area contributed by atoms with Gasteiger partial charge in [0.1, 0.15) is 11.8 Å². The van der Waals surface area contributed by atoms with Gasteiger partial charge in [-0.3, -0.25) is 4.79 Å². The van der Waals surface area contributed by atoms with Crippen molar-refractivity contribution in [2.24, 2.45) is 0 Å². The molecular weight excluding hydrogens is 222 g/mol. The number of nitrogens with zero attached hydrogens (tertiary/aromatic N) is 3. The number of hydrogen-bond acceptors (Lipinski definition) is 5. The molecule has 2 aromatic rings. The topological polar surface area (TPSA) is 108 Å². The van der Waals surface area contributed by atoms with Gasteiger partial charge in [0.25, 0.3) is 17.6 Å². The summed E-state index contributed by atoms with van der Waals surface area (Å²) in [5.41, 5.74) is 0.961. The highest BCUT2D eigenvalue weighted by Crippen LogP contribution is 2.17. The second-order valence-electron chi connectivity index (χ2n) is 3.20. The van der Waals surface area contributed by atoms with Crippen LogP contribution in [0.5, 0.6) is 0 Å². The van der Waals surface area contributed by atoms with Crippen molar-refractivity contribution < 1.29 is 9.32 Å². The standard InChI is InChI=1S/C10H9N5O2/c1-2-12-9(16)8-14-10(17-15-8)6-3-7(4-11)13-5-6/h3,5,13H,2H2,1H3,(H,12,16).